The number of thiol groups is 1. The van der Waals surface area contributed by atoms with E-state index in [1.165, 1.54) is 32.1 Å². The van der Waals surface area contributed by atoms with E-state index < -0.39 is 0 Å². The Morgan fingerprint density at radius 1 is 1.26 bits per heavy atom. The minimum absolute atomic E-state index is 0.0242. The number of anilines is 1. The molecule has 0 atom stereocenters. The molecular weight excluding hydrogens is 258 g/mol. The number of piperidine rings is 1. The van der Waals surface area contributed by atoms with Crippen LogP contribution in [0.2, 0.25) is 0 Å². The van der Waals surface area contributed by atoms with Gasteiger partial charge in [0.1, 0.15) is 0 Å². The van der Waals surface area contributed by atoms with E-state index in [4.69, 9.17) is 0 Å². The zero-order valence-corrected chi connectivity index (χ0v) is 12.1. The van der Waals surface area contributed by atoms with Crippen molar-refractivity contribution in [3.63, 3.8) is 0 Å². The first-order valence-electron chi connectivity index (χ1n) is 7.15. The van der Waals surface area contributed by atoms with Gasteiger partial charge in [-0.05, 0) is 43.3 Å². The van der Waals surface area contributed by atoms with Crippen molar-refractivity contribution < 1.29 is 0 Å². The maximum absolute atomic E-state index is 12.2. The molecule has 104 valence electrons. The third kappa shape index (κ3) is 2.81. The van der Waals surface area contributed by atoms with Crippen LogP contribution in [0, 0.1) is 5.41 Å². The number of aromatic nitrogens is 2. The van der Waals surface area contributed by atoms with Gasteiger partial charge in [-0.2, -0.15) is 17.7 Å². The number of rotatable bonds is 4. The molecule has 0 bridgehead atoms. The molecule has 3 rings (SSSR count). The van der Waals surface area contributed by atoms with Crippen LogP contribution in [0.3, 0.4) is 0 Å². The van der Waals surface area contributed by atoms with Crippen molar-refractivity contribution in [2.24, 2.45) is 5.41 Å². The molecule has 0 N–H and O–H groups in total. The van der Waals surface area contributed by atoms with Crippen molar-refractivity contribution in [3.8, 4) is 0 Å². The molecule has 1 aliphatic heterocycles. The second-order valence-electron chi connectivity index (χ2n) is 5.92. The number of nitrogens with zero attached hydrogens (tertiary/aromatic N) is 3. The van der Waals surface area contributed by atoms with E-state index in [1.54, 1.807) is 10.7 Å². The van der Waals surface area contributed by atoms with Crippen LogP contribution in [0.15, 0.2) is 17.1 Å². The predicted octanol–water partition coefficient (Wildman–Crippen LogP) is 1.94. The van der Waals surface area contributed by atoms with E-state index >= 15 is 0 Å². The van der Waals surface area contributed by atoms with Gasteiger partial charge in [-0.3, -0.25) is 4.79 Å². The molecule has 1 aromatic heterocycles. The molecule has 1 saturated carbocycles. The Morgan fingerprint density at radius 3 is 2.58 bits per heavy atom. The summed E-state index contributed by atoms with van der Waals surface area (Å²) in [6.45, 7) is 2.81. The molecule has 0 radical (unpaired) electrons. The minimum atomic E-state index is 0.0242. The average molecular weight is 279 g/mol. The van der Waals surface area contributed by atoms with Crippen molar-refractivity contribution in [2.45, 2.75) is 38.6 Å². The quantitative estimate of drug-likeness (QED) is 0.856. The van der Waals surface area contributed by atoms with Gasteiger partial charge in [-0.15, -0.1) is 0 Å². The molecule has 2 fully saturated rings. The first-order valence-corrected chi connectivity index (χ1v) is 7.79. The predicted molar refractivity (Wildman–Crippen MR) is 80.1 cm³/mol. The van der Waals surface area contributed by atoms with E-state index in [2.05, 4.69) is 22.6 Å². The Labute approximate surface area is 119 Å². The maximum atomic E-state index is 12.2. The van der Waals surface area contributed by atoms with E-state index in [1.807, 2.05) is 6.20 Å². The summed E-state index contributed by atoms with van der Waals surface area (Å²) in [5, 5.41) is 4.36. The van der Waals surface area contributed by atoms with Crippen LogP contribution in [0.4, 0.5) is 5.69 Å². The van der Waals surface area contributed by atoms with Gasteiger partial charge >= 0.3 is 0 Å². The van der Waals surface area contributed by atoms with Crippen molar-refractivity contribution in [2.75, 3.05) is 23.7 Å². The highest BCUT2D eigenvalue weighted by Crippen LogP contribution is 2.47. The highest BCUT2D eigenvalue weighted by molar-refractivity contribution is 7.80. The molecule has 0 spiro atoms. The lowest BCUT2D eigenvalue weighted by Gasteiger charge is -2.28. The third-order valence-corrected chi connectivity index (χ3v) is 5.02. The maximum Gasteiger partial charge on any atom is 0.268 e. The first-order chi connectivity index (χ1) is 9.22. The van der Waals surface area contributed by atoms with Crippen LogP contribution in [-0.4, -0.2) is 28.6 Å². The molecule has 0 amide bonds. The Morgan fingerprint density at radius 2 is 2.00 bits per heavy atom. The summed E-state index contributed by atoms with van der Waals surface area (Å²) < 4.78 is 1.61. The van der Waals surface area contributed by atoms with Crippen molar-refractivity contribution in [3.05, 3.63) is 22.6 Å². The van der Waals surface area contributed by atoms with Crippen molar-refractivity contribution in [1.29, 1.82) is 0 Å². The summed E-state index contributed by atoms with van der Waals surface area (Å²) in [5.41, 5.74) is 1.24. The van der Waals surface area contributed by atoms with Gasteiger partial charge in [0.25, 0.3) is 5.56 Å². The van der Waals surface area contributed by atoms with Gasteiger partial charge in [0.05, 0.1) is 18.4 Å². The topological polar surface area (TPSA) is 38.1 Å². The lowest BCUT2D eigenvalue weighted by molar-refractivity contribution is 0.424. The van der Waals surface area contributed by atoms with Crippen LogP contribution in [-0.2, 0) is 6.54 Å². The highest BCUT2D eigenvalue weighted by atomic mass is 32.1. The second-order valence-corrected chi connectivity index (χ2v) is 6.23. The Hall–Kier alpha value is -0.970. The lowest BCUT2D eigenvalue weighted by Crippen LogP contribution is -2.33. The molecule has 0 aromatic carbocycles. The summed E-state index contributed by atoms with van der Waals surface area (Å²) >= 11 is 4.38. The zero-order valence-electron chi connectivity index (χ0n) is 11.2. The first kappa shape index (κ1) is 13.0. The third-order valence-electron chi connectivity index (χ3n) is 4.35. The molecule has 4 nitrogen and oxygen atoms in total. The van der Waals surface area contributed by atoms with E-state index in [-0.39, 0.29) is 11.0 Å². The van der Waals surface area contributed by atoms with Crippen molar-refractivity contribution >= 4 is 18.3 Å². The van der Waals surface area contributed by atoms with Crippen LogP contribution in [0.1, 0.15) is 32.1 Å². The Bertz CT molecular complexity index is 504. The monoisotopic (exact) mass is 279 g/mol. The van der Waals surface area contributed by atoms with Gasteiger partial charge in [-0.1, -0.05) is 0 Å². The normalized spacial score (nSPS) is 21.4. The lowest BCUT2D eigenvalue weighted by atomic mass is 10.1. The summed E-state index contributed by atoms with van der Waals surface area (Å²) in [6.07, 6.45) is 7.90. The summed E-state index contributed by atoms with van der Waals surface area (Å²) in [6, 6.07) is 1.74. The van der Waals surface area contributed by atoms with E-state index in [9.17, 15) is 4.79 Å². The van der Waals surface area contributed by atoms with Crippen LogP contribution in [0.5, 0.6) is 0 Å². The largest absolute Gasteiger partial charge is 0.370 e. The molecule has 19 heavy (non-hydrogen) atoms. The highest BCUT2D eigenvalue weighted by Gasteiger charge is 2.42. The molecular formula is C14H21N3OS. The molecule has 2 heterocycles. The summed E-state index contributed by atoms with van der Waals surface area (Å²) in [7, 11) is 0. The average Bonchev–Trinajstić information content (AvgIpc) is 3.22. The summed E-state index contributed by atoms with van der Waals surface area (Å²) in [4.78, 5) is 14.4. The molecule has 5 heteroatoms. The molecule has 0 unspecified atom stereocenters. The van der Waals surface area contributed by atoms with E-state index in [0.717, 1.165) is 31.1 Å². The van der Waals surface area contributed by atoms with Gasteiger partial charge in [0, 0.05) is 19.2 Å². The second kappa shape index (κ2) is 5.19. The fourth-order valence-electron chi connectivity index (χ4n) is 2.73. The Balaban J connectivity index is 1.76. The van der Waals surface area contributed by atoms with Crippen LogP contribution >= 0.6 is 12.6 Å². The van der Waals surface area contributed by atoms with Gasteiger partial charge in [0.15, 0.2) is 0 Å². The summed E-state index contributed by atoms with van der Waals surface area (Å²) in [5.74, 6) is 0.842. The zero-order chi connectivity index (χ0) is 13.3. The number of hydrogen-bond acceptors (Lipinski definition) is 4. The van der Waals surface area contributed by atoms with Gasteiger partial charge in [0.2, 0.25) is 0 Å². The fraction of sp³-hybridized carbons (Fsp3) is 0.714. The molecule has 1 aromatic rings. The minimum Gasteiger partial charge on any atom is -0.370 e. The SMILES string of the molecule is O=c1cc(N2CCCCC2)cnn1CC1(CS)CC1. The van der Waals surface area contributed by atoms with Crippen LogP contribution in [0.25, 0.3) is 0 Å². The Kier molecular flexibility index (Phi) is 3.56. The smallest absolute Gasteiger partial charge is 0.268 e. The molecule has 1 saturated heterocycles. The van der Waals surface area contributed by atoms with E-state index in [0.29, 0.717) is 0 Å². The fourth-order valence-corrected chi connectivity index (χ4v) is 3.14. The van der Waals surface area contributed by atoms with Crippen LogP contribution < -0.4 is 10.5 Å². The standard InChI is InChI=1S/C14H21N3OS/c18-13-8-12(16-6-2-1-3-7-16)9-15-17(13)10-14(11-19)4-5-14/h8-9,19H,1-7,10-11H2. The van der Waals surface area contributed by atoms with Gasteiger partial charge < -0.3 is 4.90 Å². The molecule has 2 aliphatic rings. The van der Waals surface area contributed by atoms with Gasteiger partial charge in [-0.25, -0.2) is 4.68 Å². The molecule has 1 aliphatic carbocycles. The number of hydrogen-bond donors (Lipinski definition) is 1. The van der Waals surface area contributed by atoms with Crippen molar-refractivity contribution in [1.82, 2.24) is 9.78 Å².